The molecule has 0 bridgehead atoms. The van der Waals surface area contributed by atoms with Gasteiger partial charge >= 0.3 is 0 Å². The summed E-state index contributed by atoms with van der Waals surface area (Å²) in [4.78, 5) is 33.7. The van der Waals surface area contributed by atoms with E-state index >= 15 is 0 Å². The smallest absolute Gasteiger partial charge is 0.252 e. The third-order valence-electron chi connectivity index (χ3n) is 4.95. The van der Waals surface area contributed by atoms with Crippen LogP contribution < -0.4 is 10.6 Å². The number of carbonyl (C=O) groups is 2. The van der Waals surface area contributed by atoms with E-state index in [-0.39, 0.29) is 30.8 Å². The minimum absolute atomic E-state index is 0.0758. The maximum atomic E-state index is 13.0. The molecule has 32 heavy (non-hydrogen) atoms. The molecule has 0 aliphatic carbocycles. The van der Waals surface area contributed by atoms with Crippen molar-refractivity contribution in [3.8, 4) is 11.5 Å². The van der Waals surface area contributed by atoms with Crippen molar-refractivity contribution in [2.75, 3.05) is 6.54 Å². The van der Waals surface area contributed by atoms with Crippen molar-refractivity contribution in [3.63, 3.8) is 0 Å². The van der Waals surface area contributed by atoms with E-state index in [9.17, 15) is 9.59 Å². The van der Waals surface area contributed by atoms with Crippen LogP contribution in [-0.4, -0.2) is 38.1 Å². The highest BCUT2D eigenvalue weighted by molar-refractivity contribution is 6.06. The molecule has 0 atom stereocenters. The van der Waals surface area contributed by atoms with E-state index in [1.807, 2.05) is 26.0 Å². The molecule has 164 valence electrons. The summed E-state index contributed by atoms with van der Waals surface area (Å²) in [5.74, 6) is 0.120. The van der Waals surface area contributed by atoms with Gasteiger partial charge in [-0.05, 0) is 49.7 Å². The van der Waals surface area contributed by atoms with Crippen LogP contribution in [0.15, 0.2) is 59.6 Å². The lowest BCUT2D eigenvalue weighted by atomic mass is 10.1. The van der Waals surface area contributed by atoms with E-state index in [2.05, 4.69) is 25.7 Å². The maximum absolute atomic E-state index is 13.0. The van der Waals surface area contributed by atoms with Gasteiger partial charge in [-0.15, -0.1) is 0 Å². The van der Waals surface area contributed by atoms with Crippen molar-refractivity contribution in [1.29, 1.82) is 0 Å². The molecule has 0 saturated heterocycles. The Morgan fingerprint density at radius 1 is 1.16 bits per heavy atom. The maximum Gasteiger partial charge on any atom is 0.252 e. The number of furan rings is 1. The lowest BCUT2D eigenvalue weighted by molar-refractivity contribution is -0.121. The number of rotatable bonds is 8. The topological polar surface area (TPSA) is 115 Å². The van der Waals surface area contributed by atoms with Crippen LogP contribution in [0.25, 0.3) is 22.5 Å². The molecule has 0 aromatic carbocycles. The number of amides is 2. The lowest BCUT2D eigenvalue weighted by Crippen LogP contribution is -2.30. The summed E-state index contributed by atoms with van der Waals surface area (Å²) in [5, 5.41) is 10.7. The predicted molar refractivity (Wildman–Crippen MR) is 119 cm³/mol. The first-order valence-electron chi connectivity index (χ1n) is 10.4. The first kappa shape index (κ1) is 21.2. The SMILES string of the molecule is CC(C)n1ncc2c(C(=O)NCCC(=O)NCc3ccncc3)cc(-c3ccco3)nc21. The van der Waals surface area contributed by atoms with Gasteiger partial charge in [0.05, 0.1) is 23.4 Å². The second kappa shape index (κ2) is 9.42. The molecule has 9 nitrogen and oxygen atoms in total. The number of fused-ring (bicyclic) bond motifs is 1. The molecule has 0 fully saturated rings. The van der Waals surface area contributed by atoms with Gasteiger partial charge in [0.25, 0.3) is 5.91 Å². The zero-order chi connectivity index (χ0) is 22.5. The van der Waals surface area contributed by atoms with Gasteiger partial charge in [-0.1, -0.05) is 0 Å². The van der Waals surface area contributed by atoms with Gasteiger partial charge in [-0.3, -0.25) is 14.6 Å². The molecule has 2 amide bonds. The normalized spacial score (nSPS) is 11.1. The van der Waals surface area contributed by atoms with E-state index < -0.39 is 0 Å². The Morgan fingerprint density at radius 2 is 1.97 bits per heavy atom. The monoisotopic (exact) mass is 432 g/mol. The zero-order valence-corrected chi connectivity index (χ0v) is 17.9. The van der Waals surface area contributed by atoms with E-state index in [0.29, 0.717) is 34.6 Å². The summed E-state index contributed by atoms with van der Waals surface area (Å²) in [6.07, 6.45) is 6.72. The van der Waals surface area contributed by atoms with E-state index in [0.717, 1.165) is 5.56 Å². The molecule has 2 N–H and O–H groups in total. The summed E-state index contributed by atoms with van der Waals surface area (Å²) in [6, 6.07) is 9.00. The predicted octanol–water partition coefficient (Wildman–Crippen LogP) is 3.10. The van der Waals surface area contributed by atoms with Gasteiger partial charge in [0, 0.05) is 37.9 Å². The molecule has 9 heteroatoms. The second-order valence-corrected chi connectivity index (χ2v) is 7.59. The first-order valence-corrected chi connectivity index (χ1v) is 10.4. The fourth-order valence-electron chi connectivity index (χ4n) is 3.31. The Kier molecular flexibility index (Phi) is 6.25. The van der Waals surface area contributed by atoms with Crippen molar-refractivity contribution >= 4 is 22.8 Å². The van der Waals surface area contributed by atoms with Gasteiger partial charge in [0.1, 0.15) is 5.69 Å². The average Bonchev–Trinajstić information content (AvgIpc) is 3.47. The Balaban J connectivity index is 1.46. The molecular formula is C23H24N6O3. The van der Waals surface area contributed by atoms with Crippen molar-refractivity contribution in [2.45, 2.75) is 32.9 Å². The minimum atomic E-state index is -0.296. The summed E-state index contributed by atoms with van der Waals surface area (Å²) in [5.41, 5.74) is 2.55. The Hall–Kier alpha value is -4.01. The standard InChI is InChI=1S/C23H24N6O3/c1-15(2)29-22-18(14-27-29)17(12-19(28-22)20-4-3-11-32-20)23(31)25-10-7-21(30)26-13-16-5-8-24-9-6-16/h3-6,8-9,11-12,14-15H,7,10,13H2,1-2H3,(H,25,31)(H,26,30). The molecule has 0 aliphatic rings. The van der Waals surface area contributed by atoms with Crippen molar-refractivity contribution in [3.05, 3.63) is 66.3 Å². The van der Waals surface area contributed by atoms with Gasteiger partial charge in [0.15, 0.2) is 11.4 Å². The summed E-state index contributed by atoms with van der Waals surface area (Å²) in [6.45, 7) is 4.62. The van der Waals surface area contributed by atoms with Gasteiger partial charge in [-0.25, -0.2) is 9.67 Å². The van der Waals surface area contributed by atoms with Crippen molar-refractivity contribution in [1.82, 2.24) is 30.4 Å². The fraction of sp³-hybridized carbons (Fsp3) is 0.261. The third kappa shape index (κ3) is 4.66. The quantitative estimate of drug-likeness (QED) is 0.442. The number of pyridine rings is 2. The van der Waals surface area contributed by atoms with Crippen LogP contribution in [0.4, 0.5) is 0 Å². The molecule has 0 saturated carbocycles. The molecule has 4 rings (SSSR count). The molecule has 0 aliphatic heterocycles. The minimum Gasteiger partial charge on any atom is -0.463 e. The third-order valence-corrected chi connectivity index (χ3v) is 4.95. The van der Waals surface area contributed by atoms with Gasteiger partial charge in [-0.2, -0.15) is 5.10 Å². The zero-order valence-electron chi connectivity index (χ0n) is 17.9. The number of carbonyl (C=O) groups excluding carboxylic acids is 2. The molecule has 0 spiro atoms. The summed E-state index contributed by atoms with van der Waals surface area (Å²) >= 11 is 0. The van der Waals surface area contributed by atoms with E-state index in [1.165, 1.54) is 0 Å². The van der Waals surface area contributed by atoms with Crippen LogP contribution in [0.3, 0.4) is 0 Å². The molecule has 4 aromatic heterocycles. The summed E-state index contributed by atoms with van der Waals surface area (Å²) < 4.78 is 7.24. The Morgan fingerprint density at radius 3 is 2.69 bits per heavy atom. The molecule has 0 unspecified atom stereocenters. The molecule has 4 heterocycles. The van der Waals surface area contributed by atoms with E-state index in [1.54, 1.807) is 47.7 Å². The summed E-state index contributed by atoms with van der Waals surface area (Å²) in [7, 11) is 0. The van der Waals surface area contributed by atoms with Crippen LogP contribution in [0.2, 0.25) is 0 Å². The lowest BCUT2D eigenvalue weighted by Gasteiger charge is -2.10. The van der Waals surface area contributed by atoms with E-state index in [4.69, 9.17) is 4.42 Å². The van der Waals surface area contributed by atoms with Gasteiger partial charge in [0.2, 0.25) is 5.91 Å². The number of hydrogen-bond acceptors (Lipinski definition) is 6. The Bertz CT molecular complexity index is 1220. The highest BCUT2D eigenvalue weighted by Crippen LogP contribution is 2.26. The molecule has 4 aromatic rings. The van der Waals surface area contributed by atoms with Crippen LogP contribution in [-0.2, 0) is 11.3 Å². The highest BCUT2D eigenvalue weighted by atomic mass is 16.3. The fourth-order valence-corrected chi connectivity index (χ4v) is 3.31. The molecule has 0 radical (unpaired) electrons. The number of aromatic nitrogens is 4. The van der Waals surface area contributed by atoms with Crippen molar-refractivity contribution < 1.29 is 14.0 Å². The van der Waals surface area contributed by atoms with Gasteiger partial charge < -0.3 is 15.1 Å². The largest absolute Gasteiger partial charge is 0.463 e. The van der Waals surface area contributed by atoms with Crippen LogP contribution in [0.5, 0.6) is 0 Å². The number of nitrogens with zero attached hydrogens (tertiary/aromatic N) is 4. The number of hydrogen-bond donors (Lipinski definition) is 2. The Labute approximate surface area is 184 Å². The first-order chi connectivity index (χ1) is 15.5. The molecular weight excluding hydrogens is 408 g/mol. The van der Waals surface area contributed by atoms with Crippen LogP contribution in [0, 0.1) is 0 Å². The van der Waals surface area contributed by atoms with Crippen molar-refractivity contribution in [2.24, 2.45) is 0 Å². The second-order valence-electron chi connectivity index (χ2n) is 7.59. The number of nitrogens with one attached hydrogen (secondary N) is 2. The average molecular weight is 432 g/mol. The van der Waals surface area contributed by atoms with Crippen LogP contribution >= 0.6 is 0 Å². The van der Waals surface area contributed by atoms with Crippen LogP contribution in [0.1, 0.15) is 42.2 Å². The highest BCUT2D eigenvalue weighted by Gasteiger charge is 2.19.